The first-order valence-electron chi connectivity index (χ1n) is 14.7. The van der Waals surface area contributed by atoms with Gasteiger partial charge in [-0.1, -0.05) is 65.8 Å². The Morgan fingerprint density at radius 1 is 0.930 bits per heavy atom. The maximum atomic E-state index is 14.4. The largest absolute Gasteiger partial charge is 0.491 e. The topological polar surface area (TPSA) is 85.1 Å². The number of carbonyl (C=O) groups excluding carboxylic acids is 2. The van der Waals surface area contributed by atoms with Gasteiger partial charge >= 0.3 is 0 Å². The minimum atomic E-state index is -1.23. The molecule has 8 nitrogen and oxygen atoms in total. The molecule has 1 aromatic heterocycles. The number of halogens is 1. The van der Waals surface area contributed by atoms with Crippen LogP contribution in [0.5, 0.6) is 5.75 Å². The van der Waals surface area contributed by atoms with E-state index in [1.165, 1.54) is 12.1 Å². The van der Waals surface area contributed by atoms with Crippen molar-refractivity contribution in [3.8, 4) is 17.0 Å². The number of aromatic nitrogens is 1. The molecule has 3 aromatic carbocycles. The van der Waals surface area contributed by atoms with Crippen molar-refractivity contribution in [2.75, 3.05) is 32.8 Å². The van der Waals surface area contributed by atoms with Gasteiger partial charge in [0, 0.05) is 24.7 Å². The third-order valence-electron chi connectivity index (χ3n) is 8.11. The predicted octanol–water partition coefficient (Wildman–Crippen LogP) is 5.53. The lowest BCUT2D eigenvalue weighted by Gasteiger charge is -2.44. The molecule has 0 saturated carbocycles. The van der Waals surface area contributed by atoms with Gasteiger partial charge in [0.05, 0.1) is 19.7 Å². The molecule has 222 valence electrons. The number of para-hydroxylation sites is 1. The zero-order valence-electron chi connectivity index (χ0n) is 23.9. The number of aryl methyl sites for hydroxylation is 1. The maximum absolute atomic E-state index is 14.4. The Kier molecular flexibility index (Phi) is 8.51. The standard InChI is InChI=1S/C34H34FN3O5/c35-28-15-6-5-14-27(28)29-22-31(43-36-29)32(39)38-19-21-42-34(24-38)17-9-8-13-26-12-4-7-16-30(26)41-20-18-37(33(34)40)23-25-10-2-1-3-11-25/h1-7,10-12,14-16,22H,8-9,13,17-21,23-24H2. The van der Waals surface area contributed by atoms with Gasteiger partial charge in [-0.3, -0.25) is 9.59 Å². The SMILES string of the molecule is O=C(c1cc(-c2ccccc2F)no1)N1CCOC2(CCCCc3ccccc3OCCN(Cc3ccccc3)C2=O)C1. The van der Waals surface area contributed by atoms with E-state index in [0.29, 0.717) is 32.7 Å². The fraction of sp³-hybridized carbons (Fsp3) is 0.324. The van der Waals surface area contributed by atoms with Crippen molar-refractivity contribution in [2.45, 2.75) is 37.8 Å². The van der Waals surface area contributed by atoms with Crippen LogP contribution >= 0.6 is 0 Å². The van der Waals surface area contributed by atoms with Gasteiger partial charge in [-0.2, -0.15) is 0 Å². The Morgan fingerprint density at radius 3 is 2.58 bits per heavy atom. The molecule has 2 amide bonds. The third-order valence-corrected chi connectivity index (χ3v) is 8.11. The number of nitrogens with zero attached hydrogens (tertiary/aromatic N) is 3. The molecule has 1 spiro atoms. The lowest BCUT2D eigenvalue weighted by atomic mass is 9.90. The molecule has 1 fully saturated rings. The second-order valence-corrected chi connectivity index (χ2v) is 11.0. The van der Waals surface area contributed by atoms with Crippen LogP contribution in [0, 0.1) is 5.82 Å². The number of fused-ring (bicyclic) bond motifs is 1. The molecule has 0 radical (unpaired) electrons. The monoisotopic (exact) mass is 583 g/mol. The Balaban J connectivity index is 1.27. The number of amides is 2. The van der Waals surface area contributed by atoms with Gasteiger partial charge in [-0.15, -0.1) is 0 Å². The van der Waals surface area contributed by atoms with Crippen LogP contribution in [0.2, 0.25) is 0 Å². The maximum Gasteiger partial charge on any atom is 0.292 e. The molecule has 1 saturated heterocycles. The Morgan fingerprint density at radius 2 is 1.72 bits per heavy atom. The van der Waals surface area contributed by atoms with Crippen LogP contribution in [0.15, 0.2) is 89.5 Å². The van der Waals surface area contributed by atoms with Crippen molar-refractivity contribution in [3.05, 3.63) is 108 Å². The minimum absolute atomic E-state index is 0.0120. The fourth-order valence-corrected chi connectivity index (χ4v) is 5.86. The summed E-state index contributed by atoms with van der Waals surface area (Å²) in [7, 11) is 0. The predicted molar refractivity (Wildman–Crippen MR) is 158 cm³/mol. The second kappa shape index (κ2) is 12.8. The fourth-order valence-electron chi connectivity index (χ4n) is 5.86. The molecule has 0 N–H and O–H groups in total. The van der Waals surface area contributed by atoms with Crippen molar-refractivity contribution in [2.24, 2.45) is 0 Å². The quantitative estimate of drug-likeness (QED) is 0.314. The zero-order valence-corrected chi connectivity index (χ0v) is 23.9. The number of rotatable bonds is 4. The van der Waals surface area contributed by atoms with E-state index in [0.717, 1.165) is 36.1 Å². The van der Waals surface area contributed by atoms with Crippen LogP contribution in [-0.2, 0) is 22.5 Å². The molecule has 4 aromatic rings. The van der Waals surface area contributed by atoms with Crippen LogP contribution in [0.25, 0.3) is 11.3 Å². The number of carbonyl (C=O) groups is 2. The number of hydrogen-bond donors (Lipinski definition) is 0. The summed E-state index contributed by atoms with van der Waals surface area (Å²) in [6.07, 6.45) is 2.83. The average molecular weight is 584 g/mol. The highest BCUT2D eigenvalue weighted by atomic mass is 19.1. The van der Waals surface area contributed by atoms with E-state index in [9.17, 15) is 14.0 Å². The summed E-state index contributed by atoms with van der Waals surface area (Å²) in [6.45, 7) is 1.63. The summed E-state index contributed by atoms with van der Waals surface area (Å²) in [4.78, 5) is 31.5. The lowest BCUT2D eigenvalue weighted by molar-refractivity contribution is -0.171. The van der Waals surface area contributed by atoms with Crippen molar-refractivity contribution in [3.63, 3.8) is 0 Å². The first-order chi connectivity index (χ1) is 21.0. The van der Waals surface area contributed by atoms with Crippen molar-refractivity contribution < 1.29 is 28.0 Å². The van der Waals surface area contributed by atoms with Gasteiger partial charge in [0.1, 0.15) is 23.9 Å². The van der Waals surface area contributed by atoms with E-state index in [4.69, 9.17) is 14.0 Å². The Bertz CT molecular complexity index is 1580. The highest BCUT2D eigenvalue weighted by Gasteiger charge is 2.47. The van der Waals surface area contributed by atoms with Crippen molar-refractivity contribution >= 4 is 11.8 Å². The molecule has 6 rings (SSSR count). The summed E-state index contributed by atoms with van der Waals surface area (Å²) in [5.74, 6) is -0.206. The smallest absolute Gasteiger partial charge is 0.292 e. The molecule has 2 aliphatic heterocycles. The summed E-state index contributed by atoms with van der Waals surface area (Å²) in [5, 5.41) is 3.95. The van der Waals surface area contributed by atoms with Crippen LogP contribution in [0.1, 0.15) is 40.9 Å². The molecule has 3 heterocycles. The molecular weight excluding hydrogens is 549 g/mol. The Hall–Kier alpha value is -4.50. The first kappa shape index (κ1) is 28.6. The van der Waals surface area contributed by atoms with Crippen LogP contribution in [-0.4, -0.2) is 65.2 Å². The van der Waals surface area contributed by atoms with Gasteiger partial charge in [-0.05, 0) is 55.0 Å². The minimum Gasteiger partial charge on any atom is -0.491 e. The number of morpholine rings is 1. The average Bonchev–Trinajstić information content (AvgIpc) is 3.53. The van der Waals surface area contributed by atoms with Crippen LogP contribution < -0.4 is 4.74 Å². The summed E-state index contributed by atoms with van der Waals surface area (Å²) in [6, 6.07) is 25.5. The van der Waals surface area contributed by atoms with Gasteiger partial charge in [0.2, 0.25) is 5.76 Å². The zero-order chi connectivity index (χ0) is 29.6. The summed E-state index contributed by atoms with van der Waals surface area (Å²) in [5.41, 5.74) is 1.38. The van der Waals surface area contributed by atoms with Gasteiger partial charge in [-0.25, -0.2) is 4.39 Å². The van der Waals surface area contributed by atoms with E-state index in [1.807, 2.05) is 48.5 Å². The molecule has 9 heteroatoms. The highest BCUT2D eigenvalue weighted by molar-refractivity contribution is 5.94. The number of hydrogen-bond acceptors (Lipinski definition) is 6. The molecule has 1 unspecified atom stereocenters. The summed E-state index contributed by atoms with van der Waals surface area (Å²) < 4.78 is 32.2. The first-order valence-corrected chi connectivity index (χ1v) is 14.7. The lowest BCUT2D eigenvalue weighted by Crippen LogP contribution is -2.61. The molecular formula is C34H34FN3O5. The van der Waals surface area contributed by atoms with Crippen LogP contribution in [0.4, 0.5) is 4.39 Å². The summed E-state index contributed by atoms with van der Waals surface area (Å²) >= 11 is 0. The molecule has 43 heavy (non-hydrogen) atoms. The van der Waals surface area contributed by atoms with E-state index in [-0.39, 0.29) is 36.1 Å². The molecule has 0 bridgehead atoms. The van der Waals surface area contributed by atoms with E-state index in [1.54, 1.807) is 28.0 Å². The highest BCUT2D eigenvalue weighted by Crippen LogP contribution is 2.31. The number of ether oxygens (including phenoxy) is 2. The second-order valence-electron chi connectivity index (χ2n) is 11.0. The van der Waals surface area contributed by atoms with Crippen LogP contribution in [0.3, 0.4) is 0 Å². The Labute approximate surface area is 250 Å². The van der Waals surface area contributed by atoms with Crippen molar-refractivity contribution in [1.29, 1.82) is 0 Å². The van der Waals surface area contributed by atoms with E-state index in [2.05, 4.69) is 11.2 Å². The molecule has 0 aliphatic carbocycles. The molecule has 1 atom stereocenters. The van der Waals surface area contributed by atoms with Gasteiger partial charge < -0.3 is 23.8 Å². The van der Waals surface area contributed by atoms with Gasteiger partial charge in [0.15, 0.2) is 5.60 Å². The van der Waals surface area contributed by atoms with Gasteiger partial charge in [0.25, 0.3) is 11.8 Å². The normalized spacial score (nSPS) is 19.7. The molecule has 2 aliphatic rings. The van der Waals surface area contributed by atoms with E-state index >= 15 is 0 Å². The third kappa shape index (κ3) is 6.32. The number of benzene rings is 3. The van der Waals surface area contributed by atoms with E-state index < -0.39 is 17.3 Å². The van der Waals surface area contributed by atoms with Crippen molar-refractivity contribution in [1.82, 2.24) is 15.0 Å².